The molecule has 1 aromatic carbocycles. The summed E-state index contributed by atoms with van der Waals surface area (Å²) in [6.45, 7) is 1.95. The third-order valence-corrected chi connectivity index (χ3v) is 6.11. The molecule has 1 saturated carbocycles. The molecule has 0 saturated heterocycles. The minimum absolute atomic E-state index is 0.0719. The SMILES string of the molecule is Cc1ccc(S(=O)(=O)NC2CCCC(CBr)C2)cc1. The molecular formula is C14H20BrNO2S. The van der Waals surface area contributed by atoms with Crippen LogP contribution in [-0.4, -0.2) is 19.8 Å². The first-order chi connectivity index (χ1) is 9.01. The Hall–Kier alpha value is -0.390. The summed E-state index contributed by atoms with van der Waals surface area (Å²) in [6.07, 6.45) is 4.15. The van der Waals surface area contributed by atoms with Crippen molar-refractivity contribution >= 4 is 26.0 Å². The molecule has 0 amide bonds. The molecule has 5 heteroatoms. The molecule has 1 aliphatic rings. The molecule has 0 radical (unpaired) electrons. The molecule has 2 atom stereocenters. The molecular weight excluding hydrogens is 326 g/mol. The minimum atomic E-state index is -3.37. The van der Waals surface area contributed by atoms with E-state index in [0.29, 0.717) is 10.8 Å². The Bertz CT molecular complexity index is 513. The molecule has 3 nitrogen and oxygen atoms in total. The topological polar surface area (TPSA) is 46.2 Å². The van der Waals surface area contributed by atoms with Gasteiger partial charge in [-0.2, -0.15) is 0 Å². The van der Waals surface area contributed by atoms with Crippen molar-refractivity contribution < 1.29 is 8.42 Å². The molecule has 1 aliphatic carbocycles. The van der Waals surface area contributed by atoms with Gasteiger partial charge in [-0.05, 0) is 44.2 Å². The first-order valence-electron chi connectivity index (χ1n) is 6.66. The fraction of sp³-hybridized carbons (Fsp3) is 0.571. The van der Waals surface area contributed by atoms with E-state index < -0.39 is 10.0 Å². The summed E-state index contributed by atoms with van der Waals surface area (Å²) in [5, 5.41) is 0.954. The van der Waals surface area contributed by atoms with E-state index in [1.165, 1.54) is 6.42 Å². The molecule has 1 fully saturated rings. The van der Waals surface area contributed by atoms with Gasteiger partial charge >= 0.3 is 0 Å². The van der Waals surface area contributed by atoms with Gasteiger partial charge in [0, 0.05) is 11.4 Å². The average molecular weight is 346 g/mol. The van der Waals surface area contributed by atoms with E-state index in [4.69, 9.17) is 0 Å². The van der Waals surface area contributed by atoms with Crippen molar-refractivity contribution in [3.05, 3.63) is 29.8 Å². The number of nitrogens with one attached hydrogen (secondary N) is 1. The third-order valence-electron chi connectivity index (χ3n) is 3.65. The first-order valence-corrected chi connectivity index (χ1v) is 9.26. The van der Waals surface area contributed by atoms with Crippen molar-refractivity contribution in [3.63, 3.8) is 0 Å². The first kappa shape index (κ1) is 15.0. The van der Waals surface area contributed by atoms with Crippen molar-refractivity contribution in [2.24, 2.45) is 5.92 Å². The van der Waals surface area contributed by atoms with Crippen LogP contribution in [0.1, 0.15) is 31.2 Å². The van der Waals surface area contributed by atoms with Gasteiger partial charge in [0.15, 0.2) is 0 Å². The Morgan fingerprint density at radius 1 is 1.26 bits per heavy atom. The van der Waals surface area contributed by atoms with Gasteiger partial charge in [0.25, 0.3) is 0 Å². The summed E-state index contributed by atoms with van der Waals surface area (Å²) in [4.78, 5) is 0.360. The van der Waals surface area contributed by atoms with Gasteiger partial charge < -0.3 is 0 Å². The van der Waals surface area contributed by atoms with E-state index in [2.05, 4.69) is 20.7 Å². The number of halogens is 1. The molecule has 0 heterocycles. The van der Waals surface area contributed by atoms with E-state index in [9.17, 15) is 8.42 Å². The van der Waals surface area contributed by atoms with Crippen LogP contribution in [0.15, 0.2) is 29.2 Å². The quantitative estimate of drug-likeness (QED) is 0.851. The van der Waals surface area contributed by atoms with Gasteiger partial charge in [-0.3, -0.25) is 0 Å². The molecule has 106 valence electrons. The predicted molar refractivity (Wildman–Crippen MR) is 81.0 cm³/mol. The number of sulfonamides is 1. The summed E-state index contributed by atoms with van der Waals surface area (Å²) < 4.78 is 27.4. The summed E-state index contributed by atoms with van der Waals surface area (Å²) >= 11 is 3.49. The Morgan fingerprint density at radius 3 is 2.58 bits per heavy atom. The maximum Gasteiger partial charge on any atom is 0.240 e. The normalized spacial score (nSPS) is 24.3. The standard InChI is InChI=1S/C14H20BrNO2S/c1-11-5-7-14(8-6-11)19(17,18)16-13-4-2-3-12(9-13)10-15/h5-8,12-13,16H,2-4,9-10H2,1H3. The van der Waals surface area contributed by atoms with E-state index >= 15 is 0 Å². The summed E-state index contributed by atoms with van der Waals surface area (Å²) in [5.74, 6) is 0.583. The fourth-order valence-electron chi connectivity index (χ4n) is 2.54. The van der Waals surface area contributed by atoms with Crippen molar-refractivity contribution in [2.45, 2.75) is 43.5 Å². The lowest BCUT2D eigenvalue weighted by Crippen LogP contribution is -2.38. The van der Waals surface area contributed by atoms with Crippen LogP contribution in [0.3, 0.4) is 0 Å². The second kappa shape index (κ2) is 6.37. The number of hydrogen-bond acceptors (Lipinski definition) is 2. The highest BCUT2D eigenvalue weighted by atomic mass is 79.9. The van der Waals surface area contributed by atoms with Crippen molar-refractivity contribution in [1.29, 1.82) is 0 Å². The van der Waals surface area contributed by atoms with Gasteiger partial charge in [-0.15, -0.1) is 0 Å². The van der Waals surface area contributed by atoms with Crippen molar-refractivity contribution in [2.75, 3.05) is 5.33 Å². The smallest absolute Gasteiger partial charge is 0.208 e. The molecule has 19 heavy (non-hydrogen) atoms. The van der Waals surface area contributed by atoms with Gasteiger partial charge in [-0.1, -0.05) is 40.0 Å². The monoisotopic (exact) mass is 345 g/mol. The van der Waals surface area contributed by atoms with E-state index in [1.54, 1.807) is 12.1 Å². The zero-order valence-corrected chi connectivity index (χ0v) is 13.5. The van der Waals surface area contributed by atoms with Crippen LogP contribution < -0.4 is 4.72 Å². The predicted octanol–water partition coefficient (Wildman–Crippen LogP) is 3.23. The Balaban J connectivity index is 2.06. The molecule has 1 N–H and O–H groups in total. The molecule has 0 aliphatic heterocycles. The third kappa shape index (κ3) is 4.04. The number of alkyl halides is 1. The van der Waals surface area contributed by atoms with Crippen LogP contribution in [0.5, 0.6) is 0 Å². The van der Waals surface area contributed by atoms with Gasteiger partial charge in [0.2, 0.25) is 10.0 Å². The van der Waals surface area contributed by atoms with E-state index in [-0.39, 0.29) is 6.04 Å². The maximum absolute atomic E-state index is 12.3. The molecule has 2 rings (SSSR count). The lowest BCUT2D eigenvalue weighted by molar-refractivity contribution is 0.333. The number of benzene rings is 1. The van der Waals surface area contributed by atoms with Gasteiger partial charge in [0.1, 0.15) is 0 Å². The largest absolute Gasteiger partial charge is 0.240 e. The van der Waals surface area contributed by atoms with Crippen LogP contribution in [0.2, 0.25) is 0 Å². The highest BCUT2D eigenvalue weighted by Crippen LogP contribution is 2.26. The van der Waals surface area contributed by atoms with Crippen molar-refractivity contribution in [1.82, 2.24) is 4.72 Å². The maximum atomic E-state index is 12.3. The van der Waals surface area contributed by atoms with E-state index in [0.717, 1.165) is 30.2 Å². The molecule has 0 aromatic heterocycles. The summed E-state index contributed by atoms with van der Waals surface area (Å²) in [7, 11) is -3.37. The van der Waals surface area contributed by atoms with Crippen LogP contribution >= 0.6 is 15.9 Å². The Morgan fingerprint density at radius 2 is 1.95 bits per heavy atom. The second-order valence-corrected chi connectivity index (χ2v) is 7.68. The number of rotatable bonds is 4. The Kier molecular flexibility index (Phi) is 5.03. The van der Waals surface area contributed by atoms with Crippen molar-refractivity contribution in [3.8, 4) is 0 Å². The van der Waals surface area contributed by atoms with Crippen LogP contribution in [0.4, 0.5) is 0 Å². The van der Waals surface area contributed by atoms with Gasteiger partial charge in [0.05, 0.1) is 4.90 Å². The minimum Gasteiger partial charge on any atom is -0.208 e. The number of aryl methyl sites for hydroxylation is 1. The van der Waals surface area contributed by atoms with Crippen LogP contribution in [0, 0.1) is 12.8 Å². The Labute approximate surface area is 124 Å². The molecule has 0 spiro atoms. The lowest BCUT2D eigenvalue weighted by atomic mass is 9.88. The van der Waals surface area contributed by atoms with Gasteiger partial charge in [-0.25, -0.2) is 13.1 Å². The van der Waals surface area contributed by atoms with Crippen LogP contribution in [-0.2, 0) is 10.0 Å². The summed E-state index contributed by atoms with van der Waals surface area (Å²) in [6, 6.07) is 7.07. The van der Waals surface area contributed by atoms with Crippen LogP contribution in [0.25, 0.3) is 0 Å². The summed E-state index contributed by atoms with van der Waals surface area (Å²) in [5.41, 5.74) is 1.07. The zero-order chi connectivity index (χ0) is 13.9. The molecule has 1 aromatic rings. The second-order valence-electron chi connectivity index (χ2n) is 5.32. The lowest BCUT2D eigenvalue weighted by Gasteiger charge is -2.28. The molecule has 0 bridgehead atoms. The van der Waals surface area contributed by atoms with E-state index in [1.807, 2.05) is 19.1 Å². The average Bonchev–Trinajstić information content (AvgIpc) is 2.39. The highest BCUT2D eigenvalue weighted by molar-refractivity contribution is 9.09. The fourth-order valence-corrected chi connectivity index (χ4v) is 4.41. The highest BCUT2D eigenvalue weighted by Gasteiger charge is 2.25. The zero-order valence-electron chi connectivity index (χ0n) is 11.1. The number of hydrogen-bond donors (Lipinski definition) is 1. The molecule has 2 unspecified atom stereocenters.